The van der Waals surface area contributed by atoms with Crippen LogP contribution >= 0.6 is 27.5 Å². The van der Waals surface area contributed by atoms with Crippen LogP contribution in [0.25, 0.3) is 0 Å². The van der Waals surface area contributed by atoms with Crippen LogP contribution in [0.15, 0.2) is 10.5 Å². The standard InChI is InChI=1S/C7H3BBrClN2/c8-4-1-5(10)3(2-11)6(9)7(4)12/h1H,12H2. The second-order valence-electron chi connectivity index (χ2n) is 2.16. The number of nitrogens with zero attached hydrogens (tertiary/aromatic N) is 1. The molecule has 0 aliphatic heterocycles. The van der Waals surface area contributed by atoms with Crippen LogP contribution in [-0.4, -0.2) is 7.85 Å². The molecule has 12 heavy (non-hydrogen) atoms. The van der Waals surface area contributed by atoms with Gasteiger partial charge in [-0.15, -0.1) is 0 Å². The zero-order valence-electron chi connectivity index (χ0n) is 5.94. The lowest BCUT2D eigenvalue weighted by Gasteiger charge is -2.06. The number of anilines is 1. The van der Waals surface area contributed by atoms with Gasteiger partial charge in [-0.25, -0.2) is 0 Å². The molecule has 0 bridgehead atoms. The topological polar surface area (TPSA) is 49.8 Å². The van der Waals surface area contributed by atoms with Gasteiger partial charge in [0.05, 0.1) is 15.1 Å². The van der Waals surface area contributed by atoms with Crippen LogP contribution in [0.2, 0.25) is 5.02 Å². The molecule has 58 valence electrons. The number of nitriles is 1. The molecular weight excluding hydrogens is 238 g/mol. The summed E-state index contributed by atoms with van der Waals surface area (Å²) in [6, 6.07) is 3.38. The molecule has 0 amide bonds. The summed E-state index contributed by atoms with van der Waals surface area (Å²) in [7, 11) is 5.50. The third-order valence-electron chi connectivity index (χ3n) is 1.40. The molecule has 1 aromatic carbocycles. The van der Waals surface area contributed by atoms with Gasteiger partial charge in [0, 0.05) is 5.69 Å². The molecule has 0 saturated carbocycles. The molecule has 2 radical (unpaired) electrons. The molecule has 5 heteroatoms. The van der Waals surface area contributed by atoms with Gasteiger partial charge in [0.2, 0.25) is 0 Å². The van der Waals surface area contributed by atoms with Gasteiger partial charge < -0.3 is 5.73 Å². The van der Waals surface area contributed by atoms with Crippen molar-refractivity contribution in [2.24, 2.45) is 0 Å². The maximum atomic E-state index is 8.65. The molecule has 0 heterocycles. The predicted octanol–water partition coefficient (Wildman–Crippen LogP) is 1.35. The van der Waals surface area contributed by atoms with E-state index in [1.165, 1.54) is 6.07 Å². The number of nitrogen functional groups attached to an aromatic ring is 1. The highest BCUT2D eigenvalue weighted by molar-refractivity contribution is 9.10. The molecular formula is C7H3BBrClN2. The molecule has 0 fully saturated rings. The molecule has 0 spiro atoms. The van der Waals surface area contributed by atoms with Crippen LogP contribution in [0.5, 0.6) is 0 Å². The average Bonchev–Trinajstić information content (AvgIpc) is 2.01. The third-order valence-corrected chi connectivity index (χ3v) is 2.52. The molecule has 0 atom stereocenters. The Kier molecular flexibility index (Phi) is 2.66. The highest BCUT2D eigenvalue weighted by Gasteiger charge is 2.09. The normalized spacial score (nSPS) is 9.42. The molecule has 0 aliphatic carbocycles. The van der Waals surface area contributed by atoms with Gasteiger partial charge in [-0.2, -0.15) is 5.26 Å². The summed E-state index contributed by atoms with van der Waals surface area (Å²) in [6.45, 7) is 0. The monoisotopic (exact) mass is 240 g/mol. The van der Waals surface area contributed by atoms with Crippen LogP contribution < -0.4 is 11.2 Å². The maximum absolute atomic E-state index is 8.65. The number of hydrogen-bond acceptors (Lipinski definition) is 2. The Morgan fingerprint density at radius 2 is 2.25 bits per heavy atom. The summed E-state index contributed by atoms with van der Waals surface area (Å²) in [5, 5.41) is 8.96. The largest absolute Gasteiger partial charge is 0.398 e. The Balaban J connectivity index is 3.54. The first kappa shape index (κ1) is 9.43. The Hall–Kier alpha value is -0.655. The second kappa shape index (κ2) is 3.38. The number of hydrogen-bond donors (Lipinski definition) is 1. The zero-order valence-corrected chi connectivity index (χ0v) is 8.28. The minimum Gasteiger partial charge on any atom is -0.398 e. The third kappa shape index (κ3) is 1.43. The molecule has 2 N–H and O–H groups in total. The molecule has 0 aliphatic rings. The van der Waals surface area contributed by atoms with E-state index in [0.29, 0.717) is 26.2 Å². The lowest BCUT2D eigenvalue weighted by Crippen LogP contribution is -2.11. The first-order valence-electron chi connectivity index (χ1n) is 3.01. The van der Waals surface area contributed by atoms with Gasteiger partial charge in [0.15, 0.2) is 0 Å². The summed E-state index contributed by atoms with van der Waals surface area (Å²) in [6.07, 6.45) is 0. The van der Waals surface area contributed by atoms with Crippen molar-refractivity contribution in [1.82, 2.24) is 0 Å². The second-order valence-corrected chi connectivity index (χ2v) is 3.36. The lowest BCUT2D eigenvalue weighted by atomic mass is 9.93. The van der Waals surface area contributed by atoms with Gasteiger partial charge in [-0.05, 0) is 22.0 Å². The van der Waals surface area contributed by atoms with E-state index in [9.17, 15) is 0 Å². The van der Waals surface area contributed by atoms with E-state index < -0.39 is 0 Å². The zero-order chi connectivity index (χ0) is 9.30. The summed E-state index contributed by atoms with van der Waals surface area (Å²) in [5.41, 5.74) is 6.56. The molecule has 0 saturated heterocycles. The van der Waals surface area contributed by atoms with Crippen molar-refractivity contribution >= 4 is 46.5 Å². The van der Waals surface area contributed by atoms with Crippen LogP contribution in [0, 0.1) is 11.3 Å². The average molecular weight is 241 g/mol. The predicted molar refractivity (Wildman–Crippen MR) is 53.7 cm³/mol. The molecule has 1 rings (SSSR count). The molecule has 0 unspecified atom stereocenters. The SMILES string of the molecule is [B]c1cc(Cl)c(C#N)c(Br)c1N. The maximum Gasteiger partial charge on any atom is 0.116 e. The summed E-state index contributed by atoms with van der Waals surface area (Å²) >= 11 is 8.85. The lowest BCUT2D eigenvalue weighted by molar-refractivity contribution is 1.47. The quantitative estimate of drug-likeness (QED) is 0.550. The van der Waals surface area contributed by atoms with Gasteiger partial charge >= 0.3 is 0 Å². The van der Waals surface area contributed by atoms with Crippen LogP contribution in [0.3, 0.4) is 0 Å². The van der Waals surface area contributed by atoms with Crippen molar-refractivity contribution in [1.29, 1.82) is 5.26 Å². The van der Waals surface area contributed by atoms with E-state index in [0.717, 1.165) is 0 Å². The Bertz CT molecular complexity index is 373. The smallest absolute Gasteiger partial charge is 0.116 e. The van der Waals surface area contributed by atoms with Crippen molar-refractivity contribution in [3.8, 4) is 6.07 Å². The highest BCUT2D eigenvalue weighted by Crippen LogP contribution is 2.27. The Labute approximate surface area is 84.9 Å². The van der Waals surface area contributed by atoms with Crippen LogP contribution in [0.4, 0.5) is 5.69 Å². The van der Waals surface area contributed by atoms with Crippen molar-refractivity contribution in [2.75, 3.05) is 5.73 Å². The molecule has 0 aromatic heterocycles. The van der Waals surface area contributed by atoms with E-state index in [-0.39, 0.29) is 0 Å². The van der Waals surface area contributed by atoms with Crippen molar-refractivity contribution in [2.45, 2.75) is 0 Å². The number of halogens is 2. The highest BCUT2D eigenvalue weighted by atomic mass is 79.9. The van der Waals surface area contributed by atoms with Gasteiger partial charge in [-0.3, -0.25) is 0 Å². The van der Waals surface area contributed by atoms with E-state index in [1.807, 2.05) is 6.07 Å². The minimum atomic E-state index is 0.302. The van der Waals surface area contributed by atoms with Crippen LogP contribution in [-0.2, 0) is 0 Å². The van der Waals surface area contributed by atoms with Crippen molar-refractivity contribution in [3.05, 3.63) is 21.1 Å². The van der Waals surface area contributed by atoms with Crippen LogP contribution in [0.1, 0.15) is 5.56 Å². The van der Waals surface area contributed by atoms with Gasteiger partial charge in [0.1, 0.15) is 13.9 Å². The number of rotatable bonds is 0. The summed E-state index contributed by atoms with van der Waals surface area (Å²) < 4.78 is 0.454. The van der Waals surface area contributed by atoms with Gasteiger partial charge in [-0.1, -0.05) is 17.1 Å². The Morgan fingerprint density at radius 3 is 2.75 bits per heavy atom. The summed E-state index contributed by atoms with van der Waals surface area (Å²) in [4.78, 5) is 0. The van der Waals surface area contributed by atoms with Crippen molar-refractivity contribution < 1.29 is 0 Å². The number of benzene rings is 1. The fourth-order valence-corrected chi connectivity index (χ4v) is 1.65. The fourth-order valence-electron chi connectivity index (χ4n) is 0.755. The summed E-state index contributed by atoms with van der Waals surface area (Å²) in [5.74, 6) is 0. The van der Waals surface area contributed by atoms with E-state index >= 15 is 0 Å². The minimum absolute atomic E-state index is 0.302. The van der Waals surface area contributed by atoms with Crippen molar-refractivity contribution in [3.63, 3.8) is 0 Å². The van der Waals surface area contributed by atoms with E-state index in [4.69, 9.17) is 30.4 Å². The van der Waals surface area contributed by atoms with Gasteiger partial charge in [0.25, 0.3) is 0 Å². The first-order valence-corrected chi connectivity index (χ1v) is 4.18. The van der Waals surface area contributed by atoms with E-state index in [2.05, 4.69) is 15.9 Å². The first-order chi connectivity index (χ1) is 5.57. The van der Waals surface area contributed by atoms with E-state index in [1.54, 1.807) is 0 Å². The Morgan fingerprint density at radius 1 is 1.67 bits per heavy atom. The molecule has 1 aromatic rings. The molecule has 2 nitrogen and oxygen atoms in total. The number of nitrogens with two attached hydrogens (primary N) is 1. The fraction of sp³-hybridized carbons (Fsp3) is 0.